The fraction of sp³-hybridized carbons (Fsp3) is 0.308. The molecule has 0 aromatic carbocycles. The van der Waals surface area contributed by atoms with Gasteiger partial charge in [-0.15, -0.1) is 0 Å². The van der Waals surface area contributed by atoms with Crippen LogP contribution in [-0.2, 0) is 6.18 Å². The Balaban J connectivity index is 1.86. The molecule has 0 saturated heterocycles. The summed E-state index contributed by atoms with van der Waals surface area (Å²) in [6, 6.07) is 0.729. The van der Waals surface area contributed by atoms with Crippen LogP contribution in [-0.4, -0.2) is 16.0 Å². The molecule has 0 bridgehead atoms. The highest BCUT2D eigenvalue weighted by molar-refractivity contribution is 6.34. The van der Waals surface area contributed by atoms with Crippen LogP contribution >= 0.6 is 11.6 Å². The van der Waals surface area contributed by atoms with Crippen LogP contribution in [0.25, 0.3) is 0 Å². The number of hydrogen-bond acceptors (Lipinski definition) is 4. The average molecular weight is 332 g/mol. The Morgan fingerprint density at radius 1 is 1.41 bits per heavy atom. The number of aromatic nitrogens is 2. The molecular formula is C13H9ClF3N3O2. The van der Waals surface area contributed by atoms with E-state index in [2.05, 4.69) is 15.5 Å². The molecule has 1 N–H and O–H groups in total. The van der Waals surface area contributed by atoms with Crippen LogP contribution in [0.3, 0.4) is 0 Å². The van der Waals surface area contributed by atoms with Gasteiger partial charge in [0.1, 0.15) is 10.7 Å². The van der Waals surface area contributed by atoms with E-state index < -0.39 is 23.2 Å². The molecule has 1 aliphatic carbocycles. The number of alkyl halides is 3. The predicted molar refractivity (Wildman–Crippen MR) is 70.7 cm³/mol. The fourth-order valence-electron chi connectivity index (χ4n) is 1.97. The maximum absolute atomic E-state index is 12.9. The van der Waals surface area contributed by atoms with Gasteiger partial charge in [-0.3, -0.25) is 15.1 Å². The van der Waals surface area contributed by atoms with E-state index in [0.29, 0.717) is 5.69 Å². The average Bonchev–Trinajstić information content (AvgIpc) is 3.24. The number of amides is 1. The van der Waals surface area contributed by atoms with Crippen molar-refractivity contribution in [2.45, 2.75) is 24.9 Å². The Bertz CT molecular complexity index is 726. The van der Waals surface area contributed by atoms with Gasteiger partial charge in [-0.1, -0.05) is 16.8 Å². The van der Waals surface area contributed by atoms with Gasteiger partial charge in [0, 0.05) is 18.3 Å². The van der Waals surface area contributed by atoms with Crippen LogP contribution in [0.1, 0.15) is 40.4 Å². The number of anilines is 1. The maximum Gasteiger partial charge on any atom is 0.417 e. The number of halogens is 4. The van der Waals surface area contributed by atoms with E-state index in [4.69, 9.17) is 16.1 Å². The zero-order valence-corrected chi connectivity index (χ0v) is 11.7. The van der Waals surface area contributed by atoms with Crippen molar-refractivity contribution >= 4 is 23.4 Å². The van der Waals surface area contributed by atoms with Crippen LogP contribution in [0.15, 0.2) is 23.0 Å². The largest absolute Gasteiger partial charge is 0.417 e. The van der Waals surface area contributed by atoms with Crippen molar-refractivity contribution in [3.05, 3.63) is 40.3 Å². The summed E-state index contributed by atoms with van der Waals surface area (Å²) in [5.41, 5.74) is -1.19. The molecule has 2 aromatic rings. The molecule has 1 saturated carbocycles. The number of rotatable bonds is 3. The lowest BCUT2D eigenvalue weighted by Gasteiger charge is -2.11. The molecule has 3 rings (SSSR count). The van der Waals surface area contributed by atoms with Crippen molar-refractivity contribution in [3.8, 4) is 0 Å². The van der Waals surface area contributed by atoms with Crippen LogP contribution in [0, 0.1) is 0 Å². The quantitative estimate of drug-likeness (QED) is 0.927. The lowest BCUT2D eigenvalue weighted by molar-refractivity contribution is -0.138. The highest BCUT2D eigenvalue weighted by Crippen LogP contribution is 2.44. The number of hydrogen-bond donors (Lipinski definition) is 1. The lowest BCUT2D eigenvalue weighted by atomic mass is 10.1. The number of nitrogens with zero attached hydrogens (tertiary/aromatic N) is 2. The third-order valence-electron chi connectivity index (χ3n) is 3.22. The summed E-state index contributed by atoms with van der Waals surface area (Å²) in [5.74, 6) is -0.989. The van der Waals surface area contributed by atoms with E-state index >= 15 is 0 Å². The van der Waals surface area contributed by atoms with E-state index in [1.54, 1.807) is 0 Å². The minimum Gasteiger partial charge on any atom is -0.336 e. The van der Waals surface area contributed by atoms with E-state index in [9.17, 15) is 18.0 Å². The predicted octanol–water partition coefficient (Wildman–Crippen LogP) is 3.87. The molecular weight excluding hydrogens is 323 g/mol. The second-order valence-electron chi connectivity index (χ2n) is 4.86. The minimum absolute atomic E-state index is 0.119. The van der Waals surface area contributed by atoms with E-state index in [1.807, 2.05) is 0 Å². The zero-order chi connectivity index (χ0) is 15.9. The van der Waals surface area contributed by atoms with Crippen molar-refractivity contribution in [2.24, 2.45) is 0 Å². The molecule has 2 heterocycles. The number of pyridine rings is 1. The number of carbonyl (C=O) groups excluding carboxylic acids is 1. The Labute approximate surface area is 127 Å². The maximum atomic E-state index is 12.9. The van der Waals surface area contributed by atoms with Crippen molar-refractivity contribution in [2.75, 3.05) is 5.32 Å². The van der Waals surface area contributed by atoms with Gasteiger partial charge in [0.15, 0.2) is 0 Å². The van der Waals surface area contributed by atoms with Gasteiger partial charge in [0.2, 0.25) is 0 Å². The minimum atomic E-state index is -4.67. The number of carbonyl (C=O) groups is 1. The lowest BCUT2D eigenvalue weighted by Crippen LogP contribution is -2.19. The molecule has 116 valence electrons. The Morgan fingerprint density at radius 2 is 2.14 bits per heavy atom. The van der Waals surface area contributed by atoms with Crippen LogP contribution in [0.2, 0.25) is 5.02 Å². The van der Waals surface area contributed by atoms with Gasteiger partial charge >= 0.3 is 6.18 Å². The fourth-order valence-corrected chi connectivity index (χ4v) is 2.24. The highest BCUT2D eigenvalue weighted by atomic mass is 35.5. The van der Waals surface area contributed by atoms with Crippen LogP contribution in [0.5, 0.6) is 0 Å². The molecule has 5 nitrogen and oxygen atoms in total. The third-order valence-corrected chi connectivity index (χ3v) is 3.59. The molecule has 1 aliphatic rings. The highest BCUT2D eigenvalue weighted by Gasteiger charge is 2.36. The Kier molecular flexibility index (Phi) is 3.56. The monoisotopic (exact) mass is 331 g/mol. The molecule has 22 heavy (non-hydrogen) atoms. The summed E-state index contributed by atoms with van der Waals surface area (Å²) in [4.78, 5) is 15.6. The second kappa shape index (κ2) is 5.28. The van der Waals surface area contributed by atoms with Gasteiger partial charge in [-0.25, -0.2) is 0 Å². The first kappa shape index (κ1) is 14.8. The van der Waals surface area contributed by atoms with Crippen molar-refractivity contribution in [1.29, 1.82) is 0 Å². The standard InChI is InChI=1S/C13H9ClF3N3O2/c14-9-10(6-1-2-6)20-22-12(9)19-11(21)7-5-18-4-3-8(7)13(15,16)17/h3-6H,1-2H2,(H,19,21). The zero-order valence-electron chi connectivity index (χ0n) is 10.9. The molecule has 0 radical (unpaired) electrons. The van der Waals surface area contributed by atoms with Crippen molar-refractivity contribution < 1.29 is 22.5 Å². The Morgan fingerprint density at radius 3 is 2.77 bits per heavy atom. The molecule has 0 atom stereocenters. The molecule has 9 heteroatoms. The topological polar surface area (TPSA) is 68.0 Å². The summed E-state index contributed by atoms with van der Waals surface area (Å²) in [6.45, 7) is 0. The SMILES string of the molecule is O=C(Nc1onc(C2CC2)c1Cl)c1cnccc1C(F)(F)F. The second-order valence-corrected chi connectivity index (χ2v) is 5.24. The van der Waals surface area contributed by atoms with E-state index in [-0.39, 0.29) is 16.8 Å². The first-order valence-electron chi connectivity index (χ1n) is 6.35. The first-order valence-corrected chi connectivity index (χ1v) is 6.73. The molecule has 1 fully saturated rings. The summed E-state index contributed by atoms with van der Waals surface area (Å²) >= 11 is 6.01. The molecule has 2 aromatic heterocycles. The molecule has 1 amide bonds. The van der Waals surface area contributed by atoms with Crippen LogP contribution in [0.4, 0.5) is 19.1 Å². The summed E-state index contributed by atoms with van der Waals surface area (Å²) in [6.07, 6.45) is -1.03. The van der Waals surface area contributed by atoms with Gasteiger partial charge in [-0.2, -0.15) is 13.2 Å². The van der Waals surface area contributed by atoms with Gasteiger partial charge in [-0.05, 0) is 18.9 Å². The Hall–Kier alpha value is -2.09. The molecule has 0 unspecified atom stereocenters. The van der Waals surface area contributed by atoms with Crippen LogP contribution < -0.4 is 5.32 Å². The van der Waals surface area contributed by atoms with Gasteiger partial charge in [0.05, 0.1) is 11.1 Å². The normalized spacial score (nSPS) is 14.9. The molecule has 0 aliphatic heterocycles. The number of nitrogens with one attached hydrogen (secondary N) is 1. The smallest absolute Gasteiger partial charge is 0.336 e. The summed E-state index contributed by atoms with van der Waals surface area (Å²) in [5, 5.41) is 6.06. The first-order chi connectivity index (χ1) is 10.4. The summed E-state index contributed by atoms with van der Waals surface area (Å²) in [7, 11) is 0. The van der Waals surface area contributed by atoms with Crippen molar-refractivity contribution in [1.82, 2.24) is 10.1 Å². The van der Waals surface area contributed by atoms with E-state index in [1.165, 1.54) is 0 Å². The van der Waals surface area contributed by atoms with Gasteiger partial charge in [0.25, 0.3) is 11.8 Å². The molecule has 0 spiro atoms. The van der Waals surface area contributed by atoms with Gasteiger partial charge < -0.3 is 4.52 Å². The summed E-state index contributed by atoms with van der Waals surface area (Å²) < 4.78 is 43.5. The third kappa shape index (κ3) is 2.78. The van der Waals surface area contributed by atoms with Crippen molar-refractivity contribution in [3.63, 3.8) is 0 Å². The van der Waals surface area contributed by atoms with E-state index in [0.717, 1.165) is 31.3 Å².